The molecule has 2 N–H and O–H groups in total. The van der Waals surface area contributed by atoms with E-state index in [1.54, 1.807) is 0 Å². The predicted octanol–water partition coefficient (Wildman–Crippen LogP) is 2.70. The number of methoxy groups -OCH3 is 1. The highest BCUT2D eigenvalue weighted by Gasteiger charge is 2.81. The summed E-state index contributed by atoms with van der Waals surface area (Å²) in [6, 6.07) is 8.41. The third kappa shape index (κ3) is 1.59. The van der Waals surface area contributed by atoms with Crippen LogP contribution in [0, 0.1) is 10.8 Å². The van der Waals surface area contributed by atoms with E-state index in [0.29, 0.717) is 0 Å². The van der Waals surface area contributed by atoms with E-state index in [9.17, 15) is 9.90 Å². The first-order valence-electron chi connectivity index (χ1n) is 10.3. The number of allylic oxidation sites excluding steroid dienone is 1. The highest BCUT2D eigenvalue weighted by molar-refractivity contribution is 5.85. The number of aliphatic hydroxyl groups excluding tert-OH is 1. The molecule has 3 bridgehead atoms. The van der Waals surface area contributed by atoms with Crippen LogP contribution < -0.4 is 5.32 Å². The van der Waals surface area contributed by atoms with E-state index < -0.39 is 16.2 Å². The Balaban J connectivity index is 1.92. The number of piperidine rings is 2. The first-order chi connectivity index (χ1) is 13.4. The molecule has 3 fully saturated rings. The van der Waals surface area contributed by atoms with E-state index >= 15 is 0 Å². The molecule has 3 heterocycles. The van der Waals surface area contributed by atoms with Crippen molar-refractivity contribution in [1.29, 1.82) is 0 Å². The predicted molar refractivity (Wildman–Crippen MR) is 108 cm³/mol. The van der Waals surface area contributed by atoms with Crippen molar-refractivity contribution < 1.29 is 14.6 Å². The number of para-hydroxylation sites is 1. The molecular formula is C23H30N2O3. The number of fused-ring (bicyclic) bond motifs is 2. The maximum absolute atomic E-state index is 13.7. The molecule has 1 aromatic carbocycles. The molecule has 5 atom stereocenters. The van der Waals surface area contributed by atoms with Crippen LogP contribution in [0.3, 0.4) is 0 Å². The van der Waals surface area contributed by atoms with Gasteiger partial charge in [0.05, 0.1) is 19.8 Å². The minimum absolute atomic E-state index is 0.0591. The molecule has 0 amide bonds. The van der Waals surface area contributed by atoms with Crippen molar-refractivity contribution in [3.8, 4) is 0 Å². The van der Waals surface area contributed by atoms with Crippen molar-refractivity contribution in [1.82, 2.24) is 4.90 Å². The lowest BCUT2D eigenvalue weighted by molar-refractivity contribution is -0.217. The van der Waals surface area contributed by atoms with Crippen LogP contribution in [-0.2, 0) is 14.9 Å². The van der Waals surface area contributed by atoms with E-state index in [-0.39, 0.29) is 24.2 Å². The summed E-state index contributed by atoms with van der Waals surface area (Å²) < 4.78 is 5.47. The van der Waals surface area contributed by atoms with Gasteiger partial charge in [-0.15, -0.1) is 0 Å². The van der Waals surface area contributed by atoms with Crippen molar-refractivity contribution in [3.63, 3.8) is 0 Å². The standard InChI is InChI=1S/C23H30N2O3/c1-5-15-12-25-11-10-22-16-8-6-7-9-17(16)24-18(22)21(25,3)13-20(15,2)23(22,14-26)19(27)28-4/h5-9,18,24,26H,10-14H2,1-4H3/t18-,20-,21-,22+,23-/m0/s1. The first kappa shape index (κ1) is 18.2. The van der Waals surface area contributed by atoms with E-state index in [1.807, 2.05) is 6.07 Å². The maximum atomic E-state index is 13.7. The average molecular weight is 383 g/mol. The number of ether oxygens (including phenoxy) is 1. The van der Waals surface area contributed by atoms with Gasteiger partial charge < -0.3 is 15.2 Å². The Morgan fingerprint density at radius 2 is 2.14 bits per heavy atom. The Hall–Kier alpha value is -1.85. The lowest BCUT2D eigenvalue weighted by Gasteiger charge is -2.74. The Morgan fingerprint density at radius 3 is 2.82 bits per heavy atom. The molecule has 150 valence electrons. The molecule has 5 rings (SSSR count). The number of nitrogens with zero attached hydrogens (tertiary/aromatic N) is 1. The zero-order valence-electron chi connectivity index (χ0n) is 17.2. The number of esters is 1. The van der Waals surface area contributed by atoms with Gasteiger partial charge in [-0.25, -0.2) is 0 Å². The number of benzene rings is 1. The van der Waals surface area contributed by atoms with Crippen LogP contribution in [0.1, 0.15) is 39.2 Å². The number of anilines is 1. The molecule has 1 saturated carbocycles. The minimum Gasteiger partial charge on any atom is -0.468 e. The van der Waals surface area contributed by atoms with Crippen molar-refractivity contribution in [2.24, 2.45) is 10.8 Å². The largest absolute Gasteiger partial charge is 0.468 e. The molecule has 1 aromatic rings. The van der Waals surface area contributed by atoms with Crippen LogP contribution in [0.15, 0.2) is 35.9 Å². The van der Waals surface area contributed by atoms with Crippen LogP contribution in [0.25, 0.3) is 0 Å². The molecule has 28 heavy (non-hydrogen) atoms. The van der Waals surface area contributed by atoms with Crippen molar-refractivity contribution in [2.45, 2.75) is 50.6 Å². The molecule has 5 heteroatoms. The summed E-state index contributed by atoms with van der Waals surface area (Å²) in [5.41, 5.74) is 1.41. The summed E-state index contributed by atoms with van der Waals surface area (Å²) in [6.07, 6.45) is 3.82. The van der Waals surface area contributed by atoms with Gasteiger partial charge in [0.1, 0.15) is 5.41 Å². The van der Waals surface area contributed by atoms with E-state index in [4.69, 9.17) is 4.74 Å². The highest BCUT2D eigenvalue weighted by atomic mass is 16.5. The van der Waals surface area contributed by atoms with Crippen LogP contribution in [0.5, 0.6) is 0 Å². The fourth-order valence-electron chi connectivity index (χ4n) is 7.81. The summed E-state index contributed by atoms with van der Waals surface area (Å²) >= 11 is 0. The number of hydrogen-bond donors (Lipinski definition) is 2. The zero-order valence-corrected chi connectivity index (χ0v) is 17.2. The van der Waals surface area contributed by atoms with Gasteiger partial charge in [-0.05, 0) is 38.3 Å². The Labute approximate surface area is 166 Å². The Morgan fingerprint density at radius 1 is 1.39 bits per heavy atom. The number of carbonyl (C=O) groups is 1. The summed E-state index contributed by atoms with van der Waals surface area (Å²) in [6.45, 7) is 8.13. The second-order valence-corrected chi connectivity index (χ2v) is 9.50. The molecule has 0 radical (unpaired) electrons. The summed E-state index contributed by atoms with van der Waals surface area (Å²) in [5, 5.41) is 14.8. The molecule has 2 saturated heterocycles. The smallest absolute Gasteiger partial charge is 0.316 e. The lowest BCUT2D eigenvalue weighted by atomic mass is 9.35. The number of nitrogens with one attached hydrogen (secondary N) is 1. The van der Waals surface area contributed by atoms with Gasteiger partial charge >= 0.3 is 5.97 Å². The van der Waals surface area contributed by atoms with Gasteiger partial charge in [0.15, 0.2) is 0 Å². The average Bonchev–Trinajstić information content (AvgIpc) is 3.04. The third-order valence-electron chi connectivity index (χ3n) is 8.93. The molecule has 4 aliphatic rings. The van der Waals surface area contributed by atoms with Gasteiger partial charge in [0, 0.05) is 35.1 Å². The minimum atomic E-state index is -1.02. The van der Waals surface area contributed by atoms with Crippen molar-refractivity contribution >= 4 is 11.7 Å². The van der Waals surface area contributed by atoms with Crippen LogP contribution in [-0.4, -0.2) is 54.4 Å². The molecule has 5 nitrogen and oxygen atoms in total. The SMILES string of the molecule is CC=C1CN2CC[C@@]34c5ccccc5N[C@H]3[C@]2(C)C[C@]1(C)[C@]4(CO)C(=O)OC. The molecule has 1 aliphatic carbocycles. The topological polar surface area (TPSA) is 61.8 Å². The van der Waals surface area contributed by atoms with Crippen molar-refractivity contribution in [2.75, 3.05) is 32.1 Å². The van der Waals surface area contributed by atoms with E-state index in [2.05, 4.69) is 55.3 Å². The van der Waals surface area contributed by atoms with Crippen molar-refractivity contribution in [3.05, 3.63) is 41.5 Å². The van der Waals surface area contributed by atoms with E-state index in [0.717, 1.165) is 37.2 Å². The van der Waals surface area contributed by atoms with Gasteiger partial charge in [-0.3, -0.25) is 9.69 Å². The summed E-state index contributed by atoms with van der Waals surface area (Å²) in [7, 11) is 1.46. The number of rotatable bonds is 2. The monoisotopic (exact) mass is 382 g/mol. The summed E-state index contributed by atoms with van der Waals surface area (Å²) in [4.78, 5) is 16.3. The summed E-state index contributed by atoms with van der Waals surface area (Å²) in [5.74, 6) is -0.280. The number of hydrogen-bond acceptors (Lipinski definition) is 5. The number of carbonyl (C=O) groups excluding carboxylic acids is 1. The molecular weight excluding hydrogens is 352 g/mol. The normalized spacial score (nSPS) is 44.8. The van der Waals surface area contributed by atoms with Gasteiger partial charge in [-0.2, -0.15) is 0 Å². The van der Waals surface area contributed by atoms with E-state index in [1.165, 1.54) is 12.7 Å². The van der Waals surface area contributed by atoms with Gasteiger partial charge in [0.25, 0.3) is 0 Å². The molecule has 3 aliphatic heterocycles. The quantitative estimate of drug-likeness (QED) is 0.608. The molecule has 0 spiro atoms. The third-order valence-corrected chi connectivity index (χ3v) is 8.93. The highest BCUT2D eigenvalue weighted by Crippen LogP contribution is 2.74. The fraction of sp³-hybridized carbons (Fsp3) is 0.609. The Bertz CT molecular complexity index is 898. The molecule has 0 aromatic heterocycles. The fourth-order valence-corrected chi connectivity index (χ4v) is 7.81. The van der Waals surface area contributed by atoms with Gasteiger partial charge in [0.2, 0.25) is 0 Å². The van der Waals surface area contributed by atoms with Crippen LogP contribution in [0.4, 0.5) is 5.69 Å². The Kier molecular flexibility index (Phi) is 3.50. The van der Waals surface area contributed by atoms with Gasteiger partial charge in [-0.1, -0.05) is 36.8 Å². The number of aliphatic hydroxyl groups is 1. The lowest BCUT2D eigenvalue weighted by Crippen LogP contribution is -2.83. The second kappa shape index (κ2) is 5.39. The maximum Gasteiger partial charge on any atom is 0.316 e. The second-order valence-electron chi connectivity index (χ2n) is 9.50. The first-order valence-corrected chi connectivity index (χ1v) is 10.3. The van der Waals surface area contributed by atoms with Crippen LogP contribution in [0.2, 0.25) is 0 Å². The zero-order chi connectivity index (χ0) is 19.9. The van der Waals surface area contributed by atoms with Crippen LogP contribution >= 0.6 is 0 Å². The molecule has 0 unspecified atom stereocenters.